The molecule has 0 aromatic rings. The molecule has 0 saturated carbocycles. The van der Waals surface area contributed by atoms with Crippen LogP contribution >= 0.6 is 0 Å². The Hall–Kier alpha value is -0.780. The van der Waals surface area contributed by atoms with Crippen molar-refractivity contribution in [3.63, 3.8) is 0 Å². The summed E-state index contributed by atoms with van der Waals surface area (Å²) in [6.45, 7) is 10.9. The molecule has 0 aliphatic carbocycles. The molecule has 0 nitrogen and oxygen atoms in total. The summed E-state index contributed by atoms with van der Waals surface area (Å²) in [5.74, 6) is 0. The summed E-state index contributed by atoms with van der Waals surface area (Å²) in [6.07, 6.45) is 11.8. The van der Waals surface area contributed by atoms with E-state index in [2.05, 4.69) is 58.1 Å². The first-order valence-corrected chi connectivity index (χ1v) is 4.94. The number of hydrogen-bond donors (Lipinski definition) is 0. The summed E-state index contributed by atoms with van der Waals surface area (Å²) in [5, 5.41) is 0. The van der Waals surface area contributed by atoms with Crippen LogP contribution in [0.1, 0.15) is 41.0 Å². The Morgan fingerprint density at radius 2 is 1.69 bits per heavy atom. The van der Waals surface area contributed by atoms with Gasteiger partial charge in [0.05, 0.1) is 0 Å². The van der Waals surface area contributed by atoms with Gasteiger partial charge in [-0.2, -0.15) is 0 Å². The highest BCUT2D eigenvalue weighted by atomic mass is 14.2. The molecule has 0 rings (SSSR count). The lowest BCUT2D eigenvalue weighted by atomic mass is 9.87. The lowest BCUT2D eigenvalue weighted by Gasteiger charge is -2.18. The van der Waals surface area contributed by atoms with E-state index in [0.717, 1.165) is 6.42 Å². The van der Waals surface area contributed by atoms with Crippen LogP contribution in [-0.4, -0.2) is 0 Å². The quantitative estimate of drug-likeness (QED) is 0.558. The Bertz CT molecular complexity index is 209. The molecule has 0 aliphatic heterocycles. The summed E-state index contributed by atoms with van der Waals surface area (Å²) in [4.78, 5) is 0. The van der Waals surface area contributed by atoms with Gasteiger partial charge in [0.2, 0.25) is 0 Å². The fourth-order valence-corrected chi connectivity index (χ4v) is 1.22. The van der Waals surface area contributed by atoms with Crippen molar-refractivity contribution in [1.82, 2.24) is 0 Å². The first-order chi connectivity index (χ1) is 5.99. The largest absolute Gasteiger partial charge is 0.0877 e. The average molecular weight is 178 g/mol. The van der Waals surface area contributed by atoms with Gasteiger partial charge in [-0.05, 0) is 31.3 Å². The highest BCUT2D eigenvalue weighted by molar-refractivity contribution is 5.24. The third-order valence-electron chi connectivity index (χ3n) is 1.62. The van der Waals surface area contributed by atoms with Gasteiger partial charge in [-0.3, -0.25) is 0 Å². The van der Waals surface area contributed by atoms with Gasteiger partial charge in [-0.1, -0.05) is 51.2 Å². The van der Waals surface area contributed by atoms with Crippen molar-refractivity contribution in [1.29, 1.82) is 0 Å². The first-order valence-electron chi connectivity index (χ1n) is 4.94. The fourth-order valence-electron chi connectivity index (χ4n) is 1.22. The zero-order chi connectivity index (χ0) is 10.3. The highest BCUT2D eigenvalue weighted by Crippen LogP contribution is 2.24. The minimum Gasteiger partial charge on any atom is -0.0877 e. The zero-order valence-corrected chi connectivity index (χ0v) is 9.59. The molecular formula is C13H22. The highest BCUT2D eigenvalue weighted by Gasteiger charge is 2.10. The van der Waals surface area contributed by atoms with E-state index in [-0.39, 0.29) is 0 Å². The van der Waals surface area contributed by atoms with Gasteiger partial charge in [0.1, 0.15) is 0 Å². The molecule has 0 spiro atoms. The maximum Gasteiger partial charge on any atom is -0.0230 e. The second kappa shape index (κ2) is 5.80. The summed E-state index contributed by atoms with van der Waals surface area (Å²) in [7, 11) is 0. The molecule has 0 N–H and O–H groups in total. The predicted molar refractivity (Wildman–Crippen MR) is 61.8 cm³/mol. The summed E-state index contributed by atoms with van der Waals surface area (Å²) < 4.78 is 0. The number of allylic oxidation sites excluding steroid dienone is 6. The second-order valence-electron chi connectivity index (χ2n) is 4.50. The van der Waals surface area contributed by atoms with E-state index < -0.39 is 0 Å². The maximum atomic E-state index is 2.26. The van der Waals surface area contributed by atoms with Gasteiger partial charge in [-0.15, -0.1) is 0 Å². The lowest BCUT2D eigenvalue weighted by Crippen LogP contribution is -2.05. The van der Waals surface area contributed by atoms with Gasteiger partial charge in [-0.25, -0.2) is 0 Å². The van der Waals surface area contributed by atoms with Crippen LogP contribution in [0.3, 0.4) is 0 Å². The zero-order valence-electron chi connectivity index (χ0n) is 9.59. The fraction of sp³-hybridized carbons (Fsp3) is 0.538. The van der Waals surface area contributed by atoms with Crippen molar-refractivity contribution in [2.24, 2.45) is 5.41 Å². The van der Waals surface area contributed by atoms with E-state index in [1.807, 2.05) is 6.92 Å². The molecule has 0 fully saturated rings. The Morgan fingerprint density at radius 1 is 1.08 bits per heavy atom. The first kappa shape index (κ1) is 12.2. The summed E-state index contributed by atoms with van der Waals surface area (Å²) in [6, 6.07) is 0. The summed E-state index contributed by atoms with van der Waals surface area (Å²) in [5.41, 5.74) is 1.76. The Labute approximate surface area is 83.0 Å². The molecule has 0 unspecified atom stereocenters. The molecule has 0 amide bonds. The van der Waals surface area contributed by atoms with Crippen LogP contribution in [0.5, 0.6) is 0 Å². The van der Waals surface area contributed by atoms with Gasteiger partial charge in [0.25, 0.3) is 0 Å². The van der Waals surface area contributed by atoms with Crippen LogP contribution in [0.4, 0.5) is 0 Å². The minimum atomic E-state index is 0.368. The third kappa shape index (κ3) is 7.58. The molecule has 0 radical (unpaired) electrons. The monoisotopic (exact) mass is 178 g/mol. The Morgan fingerprint density at radius 3 is 2.08 bits per heavy atom. The Kier molecular flexibility index (Phi) is 5.45. The van der Waals surface area contributed by atoms with Crippen molar-refractivity contribution in [2.45, 2.75) is 41.0 Å². The molecule has 0 aromatic carbocycles. The molecule has 0 atom stereocenters. The molecule has 13 heavy (non-hydrogen) atoms. The van der Waals surface area contributed by atoms with Crippen molar-refractivity contribution < 1.29 is 0 Å². The molecule has 0 bridgehead atoms. The number of hydrogen-bond acceptors (Lipinski definition) is 0. The third-order valence-corrected chi connectivity index (χ3v) is 1.62. The SMILES string of the molecule is CC=CC=C(C=CC)CC(C)(C)C. The smallest absolute Gasteiger partial charge is 0.0230 e. The van der Waals surface area contributed by atoms with E-state index in [4.69, 9.17) is 0 Å². The van der Waals surface area contributed by atoms with Crippen LogP contribution in [-0.2, 0) is 0 Å². The molecule has 74 valence electrons. The van der Waals surface area contributed by atoms with E-state index in [1.54, 1.807) is 0 Å². The van der Waals surface area contributed by atoms with Crippen molar-refractivity contribution in [2.75, 3.05) is 0 Å². The van der Waals surface area contributed by atoms with E-state index in [0.29, 0.717) is 5.41 Å². The van der Waals surface area contributed by atoms with Crippen molar-refractivity contribution in [3.8, 4) is 0 Å². The average Bonchev–Trinajstić information content (AvgIpc) is 1.98. The molecule has 0 aromatic heterocycles. The lowest BCUT2D eigenvalue weighted by molar-refractivity contribution is 0.413. The van der Waals surface area contributed by atoms with Gasteiger partial charge in [0.15, 0.2) is 0 Å². The van der Waals surface area contributed by atoms with Crippen LogP contribution in [0.2, 0.25) is 0 Å². The van der Waals surface area contributed by atoms with Crippen LogP contribution < -0.4 is 0 Å². The molecule has 0 heteroatoms. The minimum absolute atomic E-state index is 0.368. The Balaban J connectivity index is 4.44. The maximum absolute atomic E-state index is 2.26. The topological polar surface area (TPSA) is 0 Å². The predicted octanol–water partition coefficient (Wildman–Crippen LogP) is 4.50. The van der Waals surface area contributed by atoms with Crippen LogP contribution in [0, 0.1) is 5.41 Å². The second-order valence-corrected chi connectivity index (χ2v) is 4.50. The van der Waals surface area contributed by atoms with Crippen LogP contribution in [0.15, 0.2) is 36.0 Å². The van der Waals surface area contributed by atoms with E-state index >= 15 is 0 Å². The summed E-state index contributed by atoms with van der Waals surface area (Å²) >= 11 is 0. The van der Waals surface area contributed by atoms with Crippen molar-refractivity contribution >= 4 is 0 Å². The van der Waals surface area contributed by atoms with Gasteiger partial charge < -0.3 is 0 Å². The molecular weight excluding hydrogens is 156 g/mol. The van der Waals surface area contributed by atoms with Crippen molar-refractivity contribution in [3.05, 3.63) is 36.0 Å². The normalized spacial score (nSPS) is 14.7. The number of rotatable bonds is 3. The standard InChI is InChI=1S/C13H22/c1-6-8-10-12(9-7-2)11-13(3,4)5/h6-10H,11H2,1-5H3. The molecule has 0 saturated heterocycles. The van der Waals surface area contributed by atoms with E-state index in [1.165, 1.54) is 5.57 Å². The molecule has 0 aliphatic rings. The van der Waals surface area contributed by atoms with E-state index in [9.17, 15) is 0 Å². The van der Waals surface area contributed by atoms with Gasteiger partial charge >= 0.3 is 0 Å². The molecule has 0 heterocycles. The van der Waals surface area contributed by atoms with Crippen LogP contribution in [0.25, 0.3) is 0 Å². The van der Waals surface area contributed by atoms with Gasteiger partial charge in [0, 0.05) is 0 Å².